The van der Waals surface area contributed by atoms with Crippen LogP contribution in [-0.4, -0.2) is 12.6 Å². The summed E-state index contributed by atoms with van der Waals surface area (Å²) in [7, 11) is 0. The van der Waals surface area contributed by atoms with Gasteiger partial charge in [0.25, 0.3) is 0 Å². The zero-order valence-corrected chi connectivity index (χ0v) is 5.19. The fourth-order valence-corrected chi connectivity index (χ4v) is 0.592. The summed E-state index contributed by atoms with van der Waals surface area (Å²) in [5.74, 6) is 0. The summed E-state index contributed by atoms with van der Waals surface area (Å²) in [4.78, 5) is 0. The lowest BCUT2D eigenvalue weighted by Gasteiger charge is -2.05. The predicted octanol–water partition coefficient (Wildman–Crippen LogP) is 0.601. The number of nitrogens with one attached hydrogen (secondary N) is 1. The number of hydrogen-bond donors (Lipinski definition) is 1. The third-order valence-corrected chi connectivity index (χ3v) is 1.09. The highest BCUT2D eigenvalue weighted by Gasteiger charge is 1.96. The van der Waals surface area contributed by atoms with Crippen molar-refractivity contribution in [1.82, 2.24) is 5.73 Å². The second-order valence-corrected chi connectivity index (χ2v) is 1.94. The number of rotatable bonds is 4. The van der Waals surface area contributed by atoms with E-state index in [9.17, 15) is 0 Å². The van der Waals surface area contributed by atoms with Gasteiger partial charge in [0.1, 0.15) is 0 Å². The SMILES string of the molecule is [CH2]CCC(N)CC[NH]. The van der Waals surface area contributed by atoms with Crippen molar-refractivity contribution in [2.45, 2.75) is 25.3 Å². The third kappa shape index (κ3) is 4.09. The quantitative estimate of drug-likeness (QED) is 0.571. The van der Waals surface area contributed by atoms with Gasteiger partial charge in [-0.25, -0.2) is 0 Å². The monoisotopic (exact) mass is 114 g/mol. The molecule has 0 fully saturated rings. The summed E-state index contributed by atoms with van der Waals surface area (Å²) in [5, 5.41) is 0. The van der Waals surface area contributed by atoms with Crippen LogP contribution in [-0.2, 0) is 0 Å². The molecule has 2 heteroatoms. The van der Waals surface area contributed by atoms with Gasteiger partial charge in [-0.05, 0) is 12.8 Å². The Bertz CT molecular complexity index is 39.8. The topological polar surface area (TPSA) is 49.8 Å². The minimum Gasteiger partial charge on any atom is -0.328 e. The highest BCUT2D eigenvalue weighted by Crippen LogP contribution is 1.95. The molecule has 0 bridgehead atoms. The minimum absolute atomic E-state index is 0.213. The smallest absolute Gasteiger partial charge is 0.0114 e. The van der Waals surface area contributed by atoms with Crippen LogP contribution in [0.25, 0.3) is 0 Å². The van der Waals surface area contributed by atoms with Crippen molar-refractivity contribution in [2.24, 2.45) is 5.73 Å². The molecule has 0 heterocycles. The predicted molar refractivity (Wildman–Crippen MR) is 35.1 cm³/mol. The molecule has 0 aromatic carbocycles. The summed E-state index contributed by atoms with van der Waals surface area (Å²) < 4.78 is 0. The lowest BCUT2D eigenvalue weighted by Crippen LogP contribution is -2.20. The lowest BCUT2D eigenvalue weighted by molar-refractivity contribution is 0.577. The molecule has 0 aromatic rings. The molecule has 0 aromatic heterocycles. The highest BCUT2D eigenvalue weighted by atomic mass is 14.6. The van der Waals surface area contributed by atoms with E-state index in [0.29, 0.717) is 6.54 Å². The molecule has 1 atom stereocenters. The summed E-state index contributed by atoms with van der Waals surface area (Å²) in [6.07, 6.45) is 2.66. The van der Waals surface area contributed by atoms with Crippen LogP contribution in [0.2, 0.25) is 0 Å². The zero-order valence-electron chi connectivity index (χ0n) is 5.19. The first-order chi connectivity index (χ1) is 3.81. The molecule has 0 saturated carbocycles. The van der Waals surface area contributed by atoms with Gasteiger partial charge in [-0.1, -0.05) is 13.3 Å². The molecule has 0 aliphatic rings. The van der Waals surface area contributed by atoms with Crippen LogP contribution in [0.3, 0.4) is 0 Å². The van der Waals surface area contributed by atoms with Gasteiger partial charge in [-0.3, -0.25) is 5.73 Å². The van der Waals surface area contributed by atoms with Gasteiger partial charge in [-0.2, -0.15) is 0 Å². The van der Waals surface area contributed by atoms with Crippen LogP contribution in [0.1, 0.15) is 19.3 Å². The first kappa shape index (κ1) is 7.92. The van der Waals surface area contributed by atoms with Crippen molar-refractivity contribution in [1.29, 1.82) is 0 Å². The van der Waals surface area contributed by atoms with Crippen LogP contribution in [0.4, 0.5) is 0 Å². The Morgan fingerprint density at radius 1 is 1.50 bits per heavy atom. The standard InChI is InChI=1S/C6H14N2/c1-2-3-6(8)4-5-7/h6-7H,1-5,8H2. The maximum atomic E-state index is 6.81. The molecule has 2 radical (unpaired) electrons. The minimum atomic E-state index is 0.213. The first-order valence-corrected chi connectivity index (χ1v) is 3.00. The summed E-state index contributed by atoms with van der Waals surface area (Å²) >= 11 is 0. The lowest BCUT2D eigenvalue weighted by atomic mass is 10.1. The average Bonchev–Trinajstić information content (AvgIpc) is 1.68. The molecule has 0 rings (SSSR count). The number of nitrogens with two attached hydrogens (primary N) is 1. The van der Waals surface area contributed by atoms with Crippen molar-refractivity contribution in [3.63, 3.8) is 0 Å². The van der Waals surface area contributed by atoms with E-state index >= 15 is 0 Å². The maximum absolute atomic E-state index is 6.81. The highest BCUT2D eigenvalue weighted by molar-refractivity contribution is 4.61. The van der Waals surface area contributed by atoms with E-state index in [0.717, 1.165) is 19.3 Å². The van der Waals surface area contributed by atoms with Crippen LogP contribution in [0, 0.1) is 6.92 Å². The normalized spacial score (nSPS) is 13.9. The van der Waals surface area contributed by atoms with Gasteiger partial charge in [0, 0.05) is 12.6 Å². The van der Waals surface area contributed by atoms with E-state index in [1.165, 1.54) is 0 Å². The maximum Gasteiger partial charge on any atom is 0.0114 e. The molecule has 0 saturated heterocycles. The Kier molecular flexibility index (Phi) is 5.01. The van der Waals surface area contributed by atoms with Gasteiger partial charge in [-0.15, -0.1) is 0 Å². The van der Waals surface area contributed by atoms with Crippen molar-refractivity contribution in [2.75, 3.05) is 6.54 Å². The second-order valence-electron chi connectivity index (χ2n) is 1.94. The van der Waals surface area contributed by atoms with Crippen LogP contribution >= 0.6 is 0 Å². The molecule has 0 spiro atoms. The fraction of sp³-hybridized carbons (Fsp3) is 0.833. The van der Waals surface area contributed by atoms with Crippen LogP contribution in [0.5, 0.6) is 0 Å². The van der Waals surface area contributed by atoms with Gasteiger partial charge in [0.2, 0.25) is 0 Å². The van der Waals surface area contributed by atoms with E-state index in [2.05, 4.69) is 6.92 Å². The Morgan fingerprint density at radius 2 is 2.12 bits per heavy atom. The molecule has 0 aliphatic carbocycles. The van der Waals surface area contributed by atoms with E-state index in [1.807, 2.05) is 0 Å². The molecular weight excluding hydrogens is 100 g/mol. The van der Waals surface area contributed by atoms with Gasteiger partial charge >= 0.3 is 0 Å². The van der Waals surface area contributed by atoms with Gasteiger partial charge in [0.05, 0.1) is 0 Å². The summed E-state index contributed by atoms with van der Waals surface area (Å²) in [5.41, 5.74) is 12.3. The Labute approximate surface area is 51.2 Å². The molecule has 8 heavy (non-hydrogen) atoms. The molecule has 0 aliphatic heterocycles. The summed E-state index contributed by atoms with van der Waals surface area (Å²) in [6.45, 7) is 4.11. The fourth-order valence-electron chi connectivity index (χ4n) is 0.592. The van der Waals surface area contributed by atoms with E-state index in [-0.39, 0.29) is 6.04 Å². The third-order valence-electron chi connectivity index (χ3n) is 1.09. The van der Waals surface area contributed by atoms with E-state index in [1.54, 1.807) is 0 Å². The molecule has 0 amide bonds. The van der Waals surface area contributed by atoms with E-state index in [4.69, 9.17) is 11.5 Å². The second kappa shape index (κ2) is 5.06. The molecule has 1 unspecified atom stereocenters. The zero-order chi connectivity index (χ0) is 6.41. The van der Waals surface area contributed by atoms with Gasteiger partial charge < -0.3 is 5.73 Å². The average molecular weight is 114 g/mol. The summed E-state index contributed by atoms with van der Waals surface area (Å²) in [6, 6.07) is 0.213. The van der Waals surface area contributed by atoms with Crippen molar-refractivity contribution < 1.29 is 0 Å². The van der Waals surface area contributed by atoms with E-state index < -0.39 is 0 Å². The molecular formula is C6H14N2. The van der Waals surface area contributed by atoms with Crippen molar-refractivity contribution in [3.8, 4) is 0 Å². The molecule has 2 nitrogen and oxygen atoms in total. The Balaban J connectivity index is 2.92. The molecule has 48 valence electrons. The Morgan fingerprint density at radius 3 is 2.50 bits per heavy atom. The van der Waals surface area contributed by atoms with Crippen LogP contribution < -0.4 is 11.5 Å². The van der Waals surface area contributed by atoms with Crippen molar-refractivity contribution >= 4 is 0 Å². The Hall–Kier alpha value is -0.0800. The van der Waals surface area contributed by atoms with Crippen molar-refractivity contribution in [3.05, 3.63) is 6.92 Å². The van der Waals surface area contributed by atoms with Gasteiger partial charge in [0.15, 0.2) is 0 Å². The number of hydrogen-bond acceptors (Lipinski definition) is 1. The molecule has 3 N–H and O–H groups in total. The first-order valence-electron chi connectivity index (χ1n) is 3.00. The largest absolute Gasteiger partial charge is 0.328 e. The van der Waals surface area contributed by atoms with Crippen LogP contribution in [0.15, 0.2) is 0 Å².